The van der Waals surface area contributed by atoms with E-state index >= 15 is 0 Å². The zero-order valence-corrected chi connectivity index (χ0v) is 12.9. The summed E-state index contributed by atoms with van der Waals surface area (Å²) in [6.07, 6.45) is 17.2. The molecule has 118 valence electrons. The predicted molar refractivity (Wildman–Crippen MR) is 91.0 cm³/mol. The maximum absolute atomic E-state index is 11.5. The van der Waals surface area contributed by atoms with E-state index in [0.29, 0.717) is 17.0 Å². The number of aliphatic imine (C=N–C) groups is 2. The van der Waals surface area contributed by atoms with Gasteiger partial charge in [0.1, 0.15) is 11.5 Å². The Bertz CT molecular complexity index is 709. The molecule has 0 bridgehead atoms. The fourth-order valence-electron chi connectivity index (χ4n) is 3.82. The van der Waals surface area contributed by atoms with Crippen molar-refractivity contribution in [1.82, 2.24) is 0 Å². The number of carbonyl (C=O) groups excluding carboxylic acids is 1. The van der Waals surface area contributed by atoms with Gasteiger partial charge in [-0.1, -0.05) is 30.4 Å². The Kier molecular flexibility index (Phi) is 3.60. The number of hydrogen-bond acceptors (Lipinski definition) is 4. The molecule has 1 N–H and O–H groups in total. The SMILES string of the molecule is O=CC1=CC2CCC=CC2N=C1C1=NC2C=CCCC2C=C1O. The normalized spacial score (nSPS) is 35.3. The van der Waals surface area contributed by atoms with Gasteiger partial charge in [-0.25, -0.2) is 0 Å². The molecule has 0 radical (unpaired) electrons. The number of aldehydes is 1. The molecule has 0 fully saturated rings. The van der Waals surface area contributed by atoms with Crippen molar-refractivity contribution in [3.05, 3.63) is 47.8 Å². The average molecular weight is 308 g/mol. The summed E-state index contributed by atoms with van der Waals surface area (Å²) in [6.45, 7) is 0. The standard InChI is InChI=1S/C19H20N2O2/c22-11-14-9-12-5-1-3-7-15(12)20-18(14)19-17(23)10-13-6-2-4-8-16(13)21-19/h3-4,7-13,15-16,23H,1-2,5-6H2. The Labute approximate surface area is 135 Å². The first-order valence-corrected chi connectivity index (χ1v) is 8.34. The highest BCUT2D eigenvalue weighted by molar-refractivity contribution is 6.56. The van der Waals surface area contributed by atoms with Crippen LogP contribution >= 0.6 is 0 Å². The Morgan fingerprint density at radius 3 is 2.22 bits per heavy atom. The number of rotatable bonds is 2. The summed E-state index contributed by atoms with van der Waals surface area (Å²) in [7, 11) is 0. The van der Waals surface area contributed by atoms with Crippen LogP contribution in [0.4, 0.5) is 0 Å². The van der Waals surface area contributed by atoms with Gasteiger partial charge in [0.25, 0.3) is 0 Å². The van der Waals surface area contributed by atoms with E-state index in [1.54, 1.807) is 0 Å². The molecule has 0 aromatic carbocycles. The lowest BCUT2D eigenvalue weighted by molar-refractivity contribution is -0.104. The molecule has 0 spiro atoms. The van der Waals surface area contributed by atoms with Gasteiger partial charge in [0.2, 0.25) is 0 Å². The summed E-state index contributed by atoms with van der Waals surface area (Å²) in [6, 6.07) is 0.0995. The molecule has 4 heteroatoms. The third-order valence-corrected chi connectivity index (χ3v) is 5.07. The van der Waals surface area contributed by atoms with E-state index < -0.39 is 0 Å². The van der Waals surface area contributed by atoms with Gasteiger partial charge in [0.05, 0.1) is 17.8 Å². The fourth-order valence-corrected chi connectivity index (χ4v) is 3.82. The molecule has 0 aromatic rings. The summed E-state index contributed by atoms with van der Waals surface area (Å²) in [5.74, 6) is 0.687. The summed E-state index contributed by atoms with van der Waals surface area (Å²) in [5, 5.41) is 10.4. The number of nitrogens with zero attached hydrogens (tertiary/aromatic N) is 2. The highest BCUT2D eigenvalue weighted by Crippen LogP contribution is 2.32. The highest BCUT2D eigenvalue weighted by Gasteiger charge is 2.33. The van der Waals surface area contributed by atoms with Crippen LogP contribution in [0.25, 0.3) is 0 Å². The third-order valence-electron chi connectivity index (χ3n) is 5.07. The van der Waals surface area contributed by atoms with E-state index in [1.807, 2.05) is 12.2 Å². The lowest BCUT2D eigenvalue weighted by Crippen LogP contribution is -2.34. The van der Waals surface area contributed by atoms with Crippen LogP contribution in [0.1, 0.15) is 25.7 Å². The van der Waals surface area contributed by atoms with Crippen LogP contribution in [0.5, 0.6) is 0 Å². The van der Waals surface area contributed by atoms with E-state index in [4.69, 9.17) is 9.98 Å². The molecular formula is C19H20N2O2. The minimum absolute atomic E-state index is 0.0462. The lowest BCUT2D eigenvalue weighted by Gasteiger charge is -2.31. The summed E-state index contributed by atoms with van der Waals surface area (Å²) in [4.78, 5) is 21.0. The Morgan fingerprint density at radius 2 is 1.57 bits per heavy atom. The first kappa shape index (κ1) is 14.4. The van der Waals surface area contributed by atoms with Gasteiger partial charge in [-0.2, -0.15) is 0 Å². The summed E-state index contributed by atoms with van der Waals surface area (Å²) in [5.41, 5.74) is 1.56. The van der Waals surface area contributed by atoms with Gasteiger partial charge < -0.3 is 5.11 Å². The van der Waals surface area contributed by atoms with Gasteiger partial charge in [0.15, 0.2) is 6.29 Å². The number of fused-ring (bicyclic) bond motifs is 2. The van der Waals surface area contributed by atoms with Crippen LogP contribution in [-0.2, 0) is 4.79 Å². The quantitative estimate of drug-likeness (QED) is 0.629. The minimum Gasteiger partial charge on any atom is -0.506 e. The fraction of sp³-hybridized carbons (Fsp3) is 0.421. The second-order valence-electron chi connectivity index (χ2n) is 6.57. The van der Waals surface area contributed by atoms with Crippen molar-refractivity contribution in [1.29, 1.82) is 0 Å². The number of aliphatic hydroxyl groups excluding tert-OH is 1. The lowest BCUT2D eigenvalue weighted by atomic mass is 9.82. The number of hydrogen-bond donors (Lipinski definition) is 1. The molecule has 2 aliphatic carbocycles. The van der Waals surface area contributed by atoms with Crippen LogP contribution < -0.4 is 0 Å². The second kappa shape index (κ2) is 5.76. The van der Waals surface area contributed by atoms with Crippen molar-refractivity contribution in [3.8, 4) is 0 Å². The Morgan fingerprint density at radius 1 is 0.957 bits per heavy atom. The van der Waals surface area contributed by atoms with E-state index in [9.17, 15) is 9.90 Å². The van der Waals surface area contributed by atoms with Crippen LogP contribution in [0.15, 0.2) is 57.8 Å². The molecule has 23 heavy (non-hydrogen) atoms. The summed E-state index contributed by atoms with van der Waals surface area (Å²) < 4.78 is 0. The molecule has 0 aromatic heterocycles. The molecule has 0 saturated carbocycles. The third kappa shape index (κ3) is 2.52. The number of carbonyl (C=O) groups is 1. The van der Waals surface area contributed by atoms with Gasteiger partial charge in [-0.3, -0.25) is 14.8 Å². The zero-order chi connectivity index (χ0) is 15.8. The highest BCUT2D eigenvalue weighted by atomic mass is 16.3. The van der Waals surface area contributed by atoms with E-state index in [2.05, 4.69) is 24.3 Å². The number of allylic oxidation sites excluding steroid dienone is 4. The molecule has 4 atom stereocenters. The Balaban J connectivity index is 1.74. The number of aliphatic hydroxyl groups is 1. The van der Waals surface area contributed by atoms with Gasteiger partial charge in [0, 0.05) is 17.4 Å². The molecule has 4 rings (SSSR count). The molecule has 4 nitrogen and oxygen atoms in total. The van der Waals surface area contributed by atoms with Crippen molar-refractivity contribution in [2.24, 2.45) is 21.8 Å². The van der Waals surface area contributed by atoms with Crippen molar-refractivity contribution < 1.29 is 9.90 Å². The van der Waals surface area contributed by atoms with E-state index in [-0.39, 0.29) is 29.7 Å². The smallest absolute Gasteiger partial charge is 0.151 e. The first-order chi connectivity index (χ1) is 11.3. The molecular weight excluding hydrogens is 288 g/mol. The predicted octanol–water partition coefficient (Wildman–Crippen LogP) is 3.13. The van der Waals surface area contributed by atoms with Gasteiger partial charge in [-0.15, -0.1) is 0 Å². The van der Waals surface area contributed by atoms with Crippen LogP contribution in [-0.4, -0.2) is 34.9 Å². The topological polar surface area (TPSA) is 62.0 Å². The molecule has 4 unspecified atom stereocenters. The Hall–Kier alpha value is -2.23. The van der Waals surface area contributed by atoms with Crippen LogP contribution in [0.3, 0.4) is 0 Å². The number of dihydropyridines is 2. The zero-order valence-electron chi connectivity index (χ0n) is 12.9. The van der Waals surface area contributed by atoms with Gasteiger partial charge >= 0.3 is 0 Å². The molecule has 0 amide bonds. The maximum Gasteiger partial charge on any atom is 0.151 e. The van der Waals surface area contributed by atoms with Crippen molar-refractivity contribution in [2.75, 3.05) is 0 Å². The largest absolute Gasteiger partial charge is 0.506 e. The van der Waals surface area contributed by atoms with Crippen molar-refractivity contribution in [2.45, 2.75) is 37.8 Å². The monoisotopic (exact) mass is 308 g/mol. The average Bonchev–Trinajstić information content (AvgIpc) is 2.60. The van der Waals surface area contributed by atoms with Crippen LogP contribution in [0.2, 0.25) is 0 Å². The molecule has 4 aliphatic rings. The minimum atomic E-state index is 0.0462. The first-order valence-electron chi connectivity index (χ1n) is 8.34. The van der Waals surface area contributed by atoms with E-state index in [1.165, 1.54) is 0 Å². The molecule has 2 aliphatic heterocycles. The second-order valence-corrected chi connectivity index (χ2v) is 6.57. The van der Waals surface area contributed by atoms with E-state index in [0.717, 1.165) is 32.0 Å². The summed E-state index contributed by atoms with van der Waals surface area (Å²) >= 11 is 0. The van der Waals surface area contributed by atoms with Crippen molar-refractivity contribution >= 4 is 17.7 Å². The molecule has 2 heterocycles. The van der Waals surface area contributed by atoms with Gasteiger partial charge in [-0.05, 0) is 31.8 Å². The van der Waals surface area contributed by atoms with Crippen LogP contribution in [0, 0.1) is 11.8 Å². The molecule has 0 saturated heterocycles. The van der Waals surface area contributed by atoms with Crippen molar-refractivity contribution in [3.63, 3.8) is 0 Å². The maximum atomic E-state index is 11.5.